The number of fused-ring (bicyclic) bond motifs is 1. The summed E-state index contributed by atoms with van der Waals surface area (Å²) in [6, 6.07) is 14.3. The van der Waals surface area contributed by atoms with Crippen LogP contribution < -0.4 is 5.73 Å². The molecule has 0 spiro atoms. The number of ether oxygens (including phenoxy) is 1. The van der Waals surface area contributed by atoms with Crippen LogP contribution in [0.3, 0.4) is 0 Å². The Morgan fingerprint density at radius 1 is 1.17 bits per heavy atom. The van der Waals surface area contributed by atoms with Gasteiger partial charge in [-0.15, -0.1) is 0 Å². The predicted molar refractivity (Wildman–Crippen MR) is 71.2 cm³/mol. The molecule has 3 N–H and O–H groups in total. The normalized spacial score (nSPS) is 19.4. The van der Waals surface area contributed by atoms with E-state index in [1.54, 1.807) is 0 Å². The Kier molecular flexibility index (Phi) is 2.82. The van der Waals surface area contributed by atoms with E-state index in [1.165, 1.54) is 10.8 Å². The van der Waals surface area contributed by atoms with Crippen LogP contribution in [-0.4, -0.2) is 24.9 Å². The number of nitrogens with two attached hydrogens (primary N) is 1. The van der Waals surface area contributed by atoms with Gasteiger partial charge in [-0.1, -0.05) is 36.4 Å². The van der Waals surface area contributed by atoms with Crippen molar-refractivity contribution in [1.29, 1.82) is 0 Å². The number of rotatable bonds is 3. The van der Waals surface area contributed by atoms with Gasteiger partial charge < -0.3 is 15.6 Å². The molecule has 0 aliphatic carbocycles. The summed E-state index contributed by atoms with van der Waals surface area (Å²) in [5.74, 6) is 0. The molecule has 1 atom stereocenters. The van der Waals surface area contributed by atoms with Crippen LogP contribution in [0, 0.1) is 5.41 Å². The third kappa shape index (κ3) is 1.72. The van der Waals surface area contributed by atoms with Crippen LogP contribution in [0.4, 0.5) is 0 Å². The number of aliphatic hydroxyl groups excluding tert-OH is 1. The molecule has 3 rings (SSSR count). The Labute approximate surface area is 106 Å². The molecule has 1 unspecified atom stereocenters. The maximum Gasteiger partial charge on any atom is 0.0594 e. The van der Waals surface area contributed by atoms with Gasteiger partial charge in [0.05, 0.1) is 25.2 Å². The highest BCUT2D eigenvalue weighted by Gasteiger charge is 2.44. The predicted octanol–water partition coefficient (Wildman–Crippen LogP) is 1.85. The molecular weight excluding hydrogens is 226 g/mol. The van der Waals surface area contributed by atoms with E-state index in [4.69, 9.17) is 10.5 Å². The van der Waals surface area contributed by atoms with E-state index in [1.807, 2.05) is 18.2 Å². The van der Waals surface area contributed by atoms with Crippen LogP contribution in [0.25, 0.3) is 10.8 Å². The van der Waals surface area contributed by atoms with Crippen molar-refractivity contribution in [3.8, 4) is 0 Å². The minimum absolute atomic E-state index is 0.0704. The lowest BCUT2D eigenvalue weighted by molar-refractivity contribution is -0.150. The van der Waals surface area contributed by atoms with Gasteiger partial charge >= 0.3 is 0 Å². The van der Waals surface area contributed by atoms with Gasteiger partial charge in [-0.05, 0) is 22.4 Å². The van der Waals surface area contributed by atoms with Crippen molar-refractivity contribution in [2.24, 2.45) is 11.1 Å². The molecule has 3 nitrogen and oxygen atoms in total. The first-order chi connectivity index (χ1) is 8.75. The molecule has 18 heavy (non-hydrogen) atoms. The second-order valence-corrected chi connectivity index (χ2v) is 5.10. The van der Waals surface area contributed by atoms with E-state index in [0.717, 1.165) is 5.56 Å². The zero-order valence-corrected chi connectivity index (χ0v) is 10.2. The maximum absolute atomic E-state index is 9.52. The van der Waals surface area contributed by atoms with Crippen molar-refractivity contribution >= 4 is 10.8 Å². The summed E-state index contributed by atoms with van der Waals surface area (Å²) in [6.45, 7) is 1.15. The van der Waals surface area contributed by atoms with Crippen LogP contribution >= 0.6 is 0 Å². The topological polar surface area (TPSA) is 55.5 Å². The quantitative estimate of drug-likeness (QED) is 0.865. The molecule has 2 aromatic rings. The zero-order chi connectivity index (χ0) is 12.6. The molecular formula is C15H17NO2. The molecule has 0 bridgehead atoms. The Balaban J connectivity index is 1.98. The van der Waals surface area contributed by atoms with Gasteiger partial charge in [0.1, 0.15) is 0 Å². The highest BCUT2D eigenvalue weighted by Crippen LogP contribution is 2.39. The van der Waals surface area contributed by atoms with E-state index < -0.39 is 0 Å². The minimum Gasteiger partial charge on any atom is -0.396 e. The first kappa shape index (κ1) is 11.7. The number of hydrogen-bond acceptors (Lipinski definition) is 3. The van der Waals surface area contributed by atoms with Gasteiger partial charge in [0, 0.05) is 6.04 Å². The van der Waals surface area contributed by atoms with E-state index in [9.17, 15) is 5.11 Å². The summed E-state index contributed by atoms with van der Waals surface area (Å²) in [5.41, 5.74) is 7.05. The highest BCUT2D eigenvalue weighted by atomic mass is 16.5. The van der Waals surface area contributed by atoms with Gasteiger partial charge in [-0.25, -0.2) is 0 Å². The number of hydrogen-bond donors (Lipinski definition) is 2. The van der Waals surface area contributed by atoms with Crippen molar-refractivity contribution in [3.63, 3.8) is 0 Å². The van der Waals surface area contributed by atoms with Crippen LogP contribution in [0.15, 0.2) is 42.5 Å². The molecule has 94 valence electrons. The number of aliphatic hydroxyl groups is 1. The molecule has 1 heterocycles. The fourth-order valence-electron chi connectivity index (χ4n) is 2.49. The molecule has 1 aliphatic heterocycles. The molecule has 2 aromatic carbocycles. The molecule has 0 amide bonds. The second-order valence-electron chi connectivity index (χ2n) is 5.10. The molecule has 0 radical (unpaired) electrons. The van der Waals surface area contributed by atoms with Gasteiger partial charge in [0.15, 0.2) is 0 Å². The van der Waals surface area contributed by atoms with Crippen molar-refractivity contribution in [3.05, 3.63) is 48.0 Å². The fourth-order valence-corrected chi connectivity index (χ4v) is 2.49. The van der Waals surface area contributed by atoms with Crippen LogP contribution in [0.2, 0.25) is 0 Å². The summed E-state index contributed by atoms with van der Waals surface area (Å²) in [4.78, 5) is 0. The van der Waals surface area contributed by atoms with E-state index in [0.29, 0.717) is 13.2 Å². The second kappa shape index (κ2) is 4.35. The average Bonchev–Trinajstić information content (AvgIpc) is 2.37. The minimum atomic E-state index is -0.303. The van der Waals surface area contributed by atoms with Crippen molar-refractivity contribution in [1.82, 2.24) is 0 Å². The van der Waals surface area contributed by atoms with E-state index in [2.05, 4.69) is 24.3 Å². The maximum atomic E-state index is 9.52. The zero-order valence-electron chi connectivity index (χ0n) is 10.2. The lowest BCUT2D eigenvalue weighted by Gasteiger charge is -2.44. The summed E-state index contributed by atoms with van der Waals surface area (Å²) in [6.07, 6.45) is 0. The Morgan fingerprint density at radius 3 is 2.50 bits per heavy atom. The first-order valence-corrected chi connectivity index (χ1v) is 6.18. The van der Waals surface area contributed by atoms with Crippen LogP contribution in [0.1, 0.15) is 11.6 Å². The first-order valence-electron chi connectivity index (χ1n) is 6.18. The Morgan fingerprint density at radius 2 is 1.89 bits per heavy atom. The van der Waals surface area contributed by atoms with Crippen molar-refractivity contribution in [2.75, 3.05) is 19.8 Å². The van der Waals surface area contributed by atoms with E-state index in [-0.39, 0.29) is 18.1 Å². The lowest BCUT2D eigenvalue weighted by Crippen LogP contribution is -2.52. The molecule has 1 saturated heterocycles. The lowest BCUT2D eigenvalue weighted by atomic mass is 9.76. The average molecular weight is 243 g/mol. The van der Waals surface area contributed by atoms with Gasteiger partial charge in [0.25, 0.3) is 0 Å². The number of benzene rings is 2. The standard InChI is InChI=1S/C15H17NO2/c16-14(15(8-17)9-18-10-15)13-6-5-11-3-1-2-4-12(11)7-13/h1-7,14,17H,8-10,16H2. The monoisotopic (exact) mass is 243 g/mol. The van der Waals surface area contributed by atoms with E-state index >= 15 is 0 Å². The summed E-state index contributed by atoms with van der Waals surface area (Å²) in [7, 11) is 0. The van der Waals surface area contributed by atoms with Crippen LogP contribution in [-0.2, 0) is 4.74 Å². The third-order valence-electron chi connectivity index (χ3n) is 3.89. The summed E-state index contributed by atoms with van der Waals surface area (Å²) < 4.78 is 5.22. The Bertz CT molecular complexity index is 558. The Hall–Kier alpha value is -1.42. The molecule has 3 heteroatoms. The van der Waals surface area contributed by atoms with Gasteiger partial charge in [-0.3, -0.25) is 0 Å². The molecule has 0 aromatic heterocycles. The summed E-state index contributed by atoms with van der Waals surface area (Å²) >= 11 is 0. The summed E-state index contributed by atoms with van der Waals surface area (Å²) in [5, 5.41) is 11.9. The fraction of sp³-hybridized carbons (Fsp3) is 0.333. The smallest absolute Gasteiger partial charge is 0.0594 e. The van der Waals surface area contributed by atoms with Crippen molar-refractivity contribution < 1.29 is 9.84 Å². The molecule has 1 aliphatic rings. The SMILES string of the molecule is NC(c1ccc2ccccc2c1)C1(CO)COC1. The largest absolute Gasteiger partial charge is 0.396 e. The van der Waals surface area contributed by atoms with Gasteiger partial charge in [0.2, 0.25) is 0 Å². The molecule has 1 fully saturated rings. The molecule has 0 saturated carbocycles. The van der Waals surface area contributed by atoms with Gasteiger partial charge in [-0.2, -0.15) is 0 Å². The van der Waals surface area contributed by atoms with Crippen molar-refractivity contribution in [2.45, 2.75) is 6.04 Å². The third-order valence-corrected chi connectivity index (χ3v) is 3.89. The highest BCUT2D eigenvalue weighted by molar-refractivity contribution is 5.83. The van der Waals surface area contributed by atoms with Crippen LogP contribution in [0.5, 0.6) is 0 Å².